The average Bonchev–Trinajstić information content (AvgIpc) is 2.72. The van der Waals surface area contributed by atoms with Gasteiger partial charge in [-0.05, 0) is 48.0 Å². The lowest BCUT2D eigenvalue weighted by molar-refractivity contribution is 0.306. The van der Waals surface area contributed by atoms with Crippen LogP contribution in [0.3, 0.4) is 0 Å². The van der Waals surface area contributed by atoms with E-state index in [9.17, 15) is 4.79 Å². The van der Waals surface area contributed by atoms with Crippen LogP contribution in [-0.4, -0.2) is 12.1 Å². The molecule has 2 aromatic carbocycles. The highest BCUT2D eigenvalue weighted by Gasteiger charge is 2.09. The maximum Gasteiger partial charge on any atom is 0.345 e. The van der Waals surface area contributed by atoms with Crippen molar-refractivity contribution in [3.05, 3.63) is 88.9 Å². The smallest absolute Gasteiger partial charge is 0.345 e. The first kappa shape index (κ1) is 16.8. The summed E-state index contributed by atoms with van der Waals surface area (Å²) in [7, 11) is 1.63. The van der Waals surface area contributed by atoms with Crippen molar-refractivity contribution in [1.29, 1.82) is 0 Å². The number of hydrogen-bond acceptors (Lipinski definition) is 5. The van der Waals surface area contributed by atoms with Crippen molar-refractivity contribution in [1.82, 2.24) is 4.98 Å². The molecule has 0 saturated carbocycles. The van der Waals surface area contributed by atoms with Gasteiger partial charge in [0.1, 0.15) is 23.7 Å². The van der Waals surface area contributed by atoms with Gasteiger partial charge in [0.25, 0.3) is 0 Å². The Hall–Kier alpha value is -3.60. The standard InChI is InChI=1S/C22H17NO4/c1-25-17-8-5-15(6-9-17)14-26-18-10-7-16-12-19(20-4-2-3-11-23-20)22(24)27-21(16)13-18/h2-13H,14H2,1H3. The fraction of sp³-hybridized carbons (Fsp3) is 0.0909. The van der Waals surface area contributed by atoms with E-state index in [-0.39, 0.29) is 0 Å². The van der Waals surface area contributed by atoms with Crippen LogP contribution in [0.1, 0.15) is 5.56 Å². The van der Waals surface area contributed by atoms with Crippen LogP contribution in [0.25, 0.3) is 22.2 Å². The fourth-order valence-electron chi connectivity index (χ4n) is 2.77. The highest BCUT2D eigenvalue weighted by molar-refractivity contribution is 5.82. The second-order valence-corrected chi connectivity index (χ2v) is 6.00. The number of pyridine rings is 1. The summed E-state index contributed by atoms with van der Waals surface area (Å²) in [6.07, 6.45) is 1.65. The third-order valence-corrected chi connectivity index (χ3v) is 4.21. The van der Waals surface area contributed by atoms with Crippen LogP contribution in [0.5, 0.6) is 11.5 Å². The minimum absolute atomic E-state index is 0.408. The summed E-state index contributed by atoms with van der Waals surface area (Å²) in [4.78, 5) is 16.5. The number of benzene rings is 2. The molecular weight excluding hydrogens is 342 g/mol. The number of hydrogen-bond donors (Lipinski definition) is 0. The molecule has 0 spiro atoms. The van der Waals surface area contributed by atoms with Crippen LogP contribution >= 0.6 is 0 Å². The minimum atomic E-state index is -0.423. The number of fused-ring (bicyclic) bond motifs is 1. The molecule has 0 radical (unpaired) electrons. The van der Waals surface area contributed by atoms with Gasteiger partial charge in [-0.3, -0.25) is 4.98 Å². The van der Waals surface area contributed by atoms with E-state index in [1.807, 2.05) is 42.5 Å². The van der Waals surface area contributed by atoms with E-state index in [4.69, 9.17) is 13.9 Å². The summed E-state index contributed by atoms with van der Waals surface area (Å²) in [6.45, 7) is 0.408. The van der Waals surface area contributed by atoms with Crippen molar-refractivity contribution in [2.24, 2.45) is 0 Å². The lowest BCUT2D eigenvalue weighted by atomic mass is 10.1. The molecule has 2 heterocycles. The highest BCUT2D eigenvalue weighted by atomic mass is 16.5. The number of aromatic nitrogens is 1. The van der Waals surface area contributed by atoms with Gasteiger partial charge in [0.2, 0.25) is 0 Å². The number of methoxy groups -OCH3 is 1. The van der Waals surface area contributed by atoms with Gasteiger partial charge in [0.05, 0.1) is 18.4 Å². The van der Waals surface area contributed by atoms with E-state index >= 15 is 0 Å². The molecule has 0 bridgehead atoms. The second-order valence-electron chi connectivity index (χ2n) is 6.00. The molecule has 0 N–H and O–H groups in total. The molecule has 0 aliphatic heterocycles. The lowest BCUT2D eigenvalue weighted by Gasteiger charge is -2.08. The van der Waals surface area contributed by atoms with Gasteiger partial charge in [-0.15, -0.1) is 0 Å². The van der Waals surface area contributed by atoms with E-state index in [1.165, 1.54) is 0 Å². The zero-order valence-corrected chi connectivity index (χ0v) is 14.7. The predicted molar refractivity (Wildman–Crippen MR) is 103 cm³/mol. The SMILES string of the molecule is COc1ccc(COc2ccc3cc(-c4ccccn4)c(=O)oc3c2)cc1. The molecule has 0 amide bonds. The van der Waals surface area contributed by atoms with Crippen LogP contribution in [0, 0.1) is 0 Å². The zero-order valence-electron chi connectivity index (χ0n) is 14.7. The predicted octanol–water partition coefficient (Wildman–Crippen LogP) is 4.44. The molecule has 0 saturated heterocycles. The molecule has 4 aromatic rings. The number of rotatable bonds is 5. The van der Waals surface area contributed by atoms with Crippen molar-refractivity contribution >= 4 is 11.0 Å². The molecule has 0 fully saturated rings. The van der Waals surface area contributed by atoms with Crippen molar-refractivity contribution in [3.63, 3.8) is 0 Å². The van der Waals surface area contributed by atoms with Gasteiger partial charge >= 0.3 is 5.63 Å². The van der Waals surface area contributed by atoms with Gasteiger partial charge in [0.15, 0.2) is 0 Å². The lowest BCUT2D eigenvalue weighted by Crippen LogP contribution is -2.03. The van der Waals surface area contributed by atoms with Crippen LogP contribution in [0.2, 0.25) is 0 Å². The van der Waals surface area contributed by atoms with Gasteiger partial charge in [-0.2, -0.15) is 0 Å². The summed E-state index contributed by atoms with van der Waals surface area (Å²) >= 11 is 0. The number of ether oxygens (including phenoxy) is 2. The van der Waals surface area contributed by atoms with Crippen LogP contribution < -0.4 is 15.1 Å². The van der Waals surface area contributed by atoms with Gasteiger partial charge in [-0.1, -0.05) is 18.2 Å². The maximum atomic E-state index is 12.3. The van der Waals surface area contributed by atoms with Crippen molar-refractivity contribution in [2.45, 2.75) is 6.61 Å². The Balaban J connectivity index is 1.58. The van der Waals surface area contributed by atoms with Gasteiger partial charge < -0.3 is 13.9 Å². The molecule has 2 aromatic heterocycles. The molecule has 27 heavy (non-hydrogen) atoms. The Morgan fingerprint density at radius 1 is 0.963 bits per heavy atom. The molecule has 134 valence electrons. The van der Waals surface area contributed by atoms with Crippen molar-refractivity contribution < 1.29 is 13.9 Å². The van der Waals surface area contributed by atoms with E-state index < -0.39 is 5.63 Å². The minimum Gasteiger partial charge on any atom is -0.497 e. The Morgan fingerprint density at radius 2 is 1.78 bits per heavy atom. The van der Waals surface area contributed by atoms with Crippen molar-refractivity contribution in [3.8, 4) is 22.8 Å². The Morgan fingerprint density at radius 3 is 2.52 bits per heavy atom. The third kappa shape index (κ3) is 3.67. The molecule has 0 unspecified atom stereocenters. The summed E-state index contributed by atoms with van der Waals surface area (Å²) < 4.78 is 16.4. The Kier molecular flexibility index (Phi) is 4.58. The van der Waals surface area contributed by atoms with Crippen LogP contribution in [-0.2, 0) is 6.61 Å². The summed E-state index contributed by atoms with van der Waals surface area (Å²) in [5.74, 6) is 1.43. The van der Waals surface area contributed by atoms with E-state index in [1.54, 1.807) is 37.6 Å². The first-order valence-electron chi connectivity index (χ1n) is 8.48. The Bertz CT molecular complexity index is 1120. The van der Waals surface area contributed by atoms with Crippen molar-refractivity contribution in [2.75, 3.05) is 7.11 Å². The highest BCUT2D eigenvalue weighted by Crippen LogP contribution is 2.24. The zero-order chi connectivity index (χ0) is 18.6. The Labute approximate surface area is 155 Å². The maximum absolute atomic E-state index is 12.3. The van der Waals surface area contributed by atoms with E-state index in [0.29, 0.717) is 29.2 Å². The number of nitrogens with zero attached hydrogens (tertiary/aromatic N) is 1. The fourth-order valence-corrected chi connectivity index (χ4v) is 2.77. The topological polar surface area (TPSA) is 61.6 Å². The second kappa shape index (κ2) is 7.33. The molecule has 4 rings (SSSR count). The average molecular weight is 359 g/mol. The monoisotopic (exact) mass is 359 g/mol. The molecule has 0 aliphatic carbocycles. The third-order valence-electron chi connectivity index (χ3n) is 4.21. The summed E-state index contributed by atoms with van der Waals surface area (Å²) in [5.41, 5.74) is 2.10. The van der Waals surface area contributed by atoms with Crippen LogP contribution in [0.15, 0.2) is 82.1 Å². The van der Waals surface area contributed by atoms with E-state index in [2.05, 4.69) is 4.98 Å². The van der Waals surface area contributed by atoms with Gasteiger partial charge in [0, 0.05) is 17.6 Å². The largest absolute Gasteiger partial charge is 0.497 e. The summed E-state index contributed by atoms with van der Waals surface area (Å²) in [6, 6.07) is 20.3. The molecule has 0 atom stereocenters. The molecule has 0 aliphatic rings. The van der Waals surface area contributed by atoms with Crippen LogP contribution in [0.4, 0.5) is 0 Å². The first-order chi connectivity index (χ1) is 13.2. The molecule has 5 nitrogen and oxygen atoms in total. The van der Waals surface area contributed by atoms with Gasteiger partial charge in [-0.25, -0.2) is 4.79 Å². The molecule has 5 heteroatoms. The normalized spacial score (nSPS) is 10.7. The molecular formula is C22H17NO4. The van der Waals surface area contributed by atoms with E-state index in [0.717, 1.165) is 16.7 Å². The summed E-state index contributed by atoms with van der Waals surface area (Å²) in [5, 5.41) is 0.812. The first-order valence-corrected chi connectivity index (χ1v) is 8.48. The quantitative estimate of drug-likeness (QED) is 0.493.